The van der Waals surface area contributed by atoms with E-state index < -0.39 is 11.6 Å². The van der Waals surface area contributed by atoms with Crippen molar-refractivity contribution in [3.8, 4) is 0 Å². The summed E-state index contributed by atoms with van der Waals surface area (Å²) in [6, 6.07) is 4.37. The molecule has 0 atom stereocenters. The van der Waals surface area contributed by atoms with Crippen LogP contribution in [0.4, 0.5) is 8.78 Å². The fourth-order valence-electron chi connectivity index (χ4n) is 2.23. The normalized spacial score (nSPS) is 17.0. The number of hydrogen-bond acceptors (Lipinski definition) is 1. The van der Waals surface area contributed by atoms with Gasteiger partial charge in [-0.15, -0.1) is 0 Å². The Bertz CT molecular complexity index is 426. The Morgan fingerprint density at radius 1 is 1.29 bits per heavy atom. The predicted octanol–water partition coefficient (Wildman–Crippen LogP) is 3.46. The van der Waals surface area contributed by atoms with Crippen LogP contribution in [0.2, 0.25) is 0 Å². The molecule has 0 aromatic heterocycles. The highest BCUT2D eigenvalue weighted by molar-refractivity contribution is 5.67. The van der Waals surface area contributed by atoms with Crippen LogP contribution in [0.25, 0.3) is 5.57 Å². The van der Waals surface area contributed by atoms with E-state index >= 15 is 0 Å². The van der Waals surface area contributed by atoms with Crippen LogP contribution in [0.5, 0.6) is 0 Å². The van der Waals surface area contributed by atoms with Crippen LogP contribution in [-0.2, 0) is 0 Å². The molecule has 3 heteroatoms. The molecule has 0 fully saturated rings. The molecule has 17 heavy (non-hydrogen) atoms. The SMILES string of the molecule is CCCN1CC=C(c2cccc(F)c2F)CC1. The lowest BCUT2D eigenvalue weighted by Gasteiger charge is -2.26. The number of nitrogens with zero attached hydrogens (tertiary/aromatic N) is 1. The van der Waals surface area contributed by atoms with Gasteiger partial charge < -0.3 is 0 Å². The number of rotatable bonds is 3. The molecule has 0 unspecified atom stereocenters. The van der Waals surface area contributed by atoms with Crippen molar-refractivity contribution in [2.75, 3.05) is 19.6 Å². The maximum absolute atomic E-state index is 13.6. The molecule has 1 aromatic rings. The molecule has 0 saturated carbocycles. The average molecular weight is 237 g/mol. The Morgan fingerprint density at radius 3 is 2.76 bits per heavy atom. The van der Waals surface area contributed by atoms with Crippen LogP contribution in [0.15, 0.2) is 24.3 Å². The monoisotopic (exact) mass is 237 g/mol. The summed E-state index contributed by atoms with van der Waals surface area (Å²) in [4.78, 5) is 2.32. The highest BCUT2D eigenvalue weighted by Crippen LogP contribution is 2.25. The van der Waals surface area contributed by atoms with Gasteiger partial charge in [0, 0.05) is 18.7 Å². The van der Waals surface area contributed by atoms with Crippen molar-refractivity contribution in [1.82, 2.24) is 4.90 Å². The Balaban J connectivity index is 2.16. The van der Waals surface area contributed by atoms with Crippen LogP contribution >= 0.6 is 0 Å². The Kier molecular flexibility index (Phi) is 3.89. The van der Waals surface area contributed by atoms with E-state index in [0.29, 0.717) is 5.56 Å². The molecule has 0 radical (unpaired) electrons. The standard InChI is InChI=1S/C14H17F2N/c1-2-8-17-9-6-11(7-10-17)12-4-3-5-13(15)14(12)16/h3-6H,2,7-10H2,1H3. The van der Waals surface area contributed by atoms with E-state index in [1.807, 2.05) is 6.08 Å². The van der Waals surface area contributed by atoms with Gasteiger partial charge in [-0.25, -0.2) is 8.78 Å². The van der Waals surface area contributed by atoms with Crippen molar-refractivity contribution < 1.29 is 8.78 Å². The second-order valence-electron chi connectivity index (χ2n) is 4.38. The molecule has 92 valence electrons. The maximum Gasteiger partial charge on any atom is 0.166 e. The largest absolute Gasteiger partial charge is 0.299 e. The molecule has 0 saturated heterocycles. The van der Waals surface area contributed by atoms with Crippen LogP contribution < -0.4 is 0 Å². The molecule has 0 spiro atoms. The molecule has 2 rings (SSSR count). The minimum atomic E-state index is -0.764. The molecular formula is C14H17F2N. The van der Waals surface area contributed by atoms with Gasteiger partial charge >= 0.3 is 0 Å². The van der Waals surface area contributed by atoms with Crippen molar-refractivity contribution in [2.24, 2.45) is 0 Å². The number of benzene rings is 1. The zero-order valence-electron chi connectivity index (χ0n) is 10.0. The smallest absolute Gasteiger partial charge is 0.166 e. The highest BCUT2D eigenvalue weighted by Gasteiger charge is 2.16. The summed E-state index contributed by atoms with van der Waals surface area (Å²) in [5, 5.41) is 0. The van der Waals surface area contributed by atoms with Gasteiger partial charge in [0.15, 0.2) is 11.6 Å². The lowest BCUT2D eigenvalue weighted by Crippen LogP contribution is -2.29. The summed E-state index contributed by atoms with van der Waals surface area (Å²) >= 11 is 0. The predicted molar refractivity (Wildman–Crippen MR) is 65.7 cm³/mol. The van der Waals surface area contributed by atoms with Gasteiger partial charge in [0.05, 0.1) is 0 Å². The average Bonchev–Trinajstić information content (AvgIpc) is 2.34. The first kappa shape index (κ1) is 12.2. The third-order valence-electron chi connectivity index (χ3n) is 3.13. The van der Waals surface area contributed by atoms with Crippen LogP contribution in [0, 0.1) is 11.6 Å². The summed E-state index contributed by atoms with van der Waals surface area (Å²) in [6.07, 6.45) is 3.93. The van der Waals surface area contributed by atoms with Gasteiger partial charge in [0.25, 0.3) is 0 Å². The van der Waals surface area contributed by atoms with Crippen molar-refractivity contribution in [2.45, 2.75) is 19.8 Å². The van der Waals surface area contributed by atoms with Gasteiger partial charge in [-0.05, 0) is 31.0 Å². The summed E-state index contributed by atoms with van der Waals surface area (Å²) < 4.78 is 26.7. The van der Waals surface area contributed by atoms with Gasteiger partial charge in [-0.2, -0.15) is 0 Å². The molecule has 0 aliphatic carbocycles. The maximum atomic E-state index is 13.6. The third kappa shape index (κ3) is 2.72. The first-order chi connectivity index (χ1) is 8.22. The fourth-order valence-corrected chi connectivity index (χ4v) is 2.23. The molecule has 1 nitrogen and oxygen atoms in total. The van der Waals surface area contributed by atoms with Gasteiger partial charge in [-0.3, -0.25) is 4.90 Å². The first-order valence-electron chi connectivity index (χ1n) is 6.08. The molecule has 0 amide bonds. The second-order valence-corrected chi connectivity index (χ2v) is 4.38. The van der Waals surface area contributed by atoms with E-state index in [1.165, 1.54) is 0 Å². The molecule has 1 aliphatic rings. The molecule has 0 N–H and O–H groups in total. The quantitative estimate of drug-likeness (QED) is 0.778. The third-order valence-corrected chi connectivity index (χ3v) is 3.13. The fraction of sp³-hybridized carbons (Fsp3) is 0.429. The van der Waals surface area contributed by atoms with E-state index in [-0.39, 0.29) is 0 Å². The van der Waals surface area contributed by atoms with Crippen LogP contribution in [0.1, 0.15) is 25.3 Å². The van der Waals surface area contributed by atoms with Gasteiger partial charge in [0.2, 0.25) is 0 Å². The number of halogens is 2. The minimum Gasteiger partial charge on any atom is -0.299 e. The van der Waals surface area contributed by atoms with Crippen molar-refractivity contribution in [3.63, 3.8) is 0 Å². The summed E-state index contributed by atoms with van der Waals surface area (Å²) in [5.74, 6) is -1.48. The number of hydrogen-bond donors (Lipinski definition) is 0. The minimum absolute atomic E-state index is 0.418. The lowest BCUT2D eigenvalue weighted by molar-refractivity contribution is 0.302. The molecule has 1 aliphatic heterocycles. The lowest BCUT2D eigenvalue weighted by atomic mass is 9.99. The Morgan fingerprint density at radius 2 is 2.12 bits per heavy atom. The zero-order valence-corrected chi connectivity index (χ0v) is 10.0. The topological polar surface area (TPSA) is 3.24 Å². The molecule has 1 aromatic carbocycles. The van der Waals surface area contributed by atoms with Gasteiger partial charge in [-0.1, -0.05) is 25.1 Å². The van der Waals surface area contributed by atoms with Crippen molar-refractivity contribution in [1.29, 1.82) is 0 Å². The summed E-state index contributed by atoms with van der Waals surface area (Å²) in [5.41, 5.74) is 1.34. The second kappa shape index (κ2) is 5.41. The van der Waals surface area contributed by atoms with Crippen molar-refractivity contribution >= 4 is 5.57 Å². The van der Waals surface area contributed by atoms with E-state index in [1.54, 1.807) is 12.1 Å². The van der Waals surface area contributed by atoms with Crippen LogP contribution in [0.3, 0.4) is 0 Å². The van der Waals surface area contributed by atoms with E-state index in [0.717, 1.165) is 44.1 Å². The molecular weight excluding hydrogens is 220 g/mol. The first-order valence-corrected chi connectivity index (χ1v) is 6.08. The van der Waals surface area contributed by atoms with Crippen LogP contribution in [-0.4, -0.2) is 24.5 Å². The van der Waals surface area contributed by atoms with E-state index in [9.17, 15) is 8.78 Å². The summed E-state index contributed by atoms with van der Waals surface area (Å²) in [6.45, 7) is 4.97. The zero-order chi connectivity index (χ0) is 12.3. The Hall–Kier alpha value is -1.22. The Labute approximate surface area is 101 Å². The molecule has 1 heterocycles. The van der Waals surface area contributed by atoms with Crippen molar-refractivity contribution in [3.05, 3.63) is 41.5 Å². The molecule has 0 bridgehead atoms. The van der Waals surface area contributed by atoms with Gasteiger partial charge in [0.1, 0.15) is 0 Å². The summed E-state index contributed by atoms with van der Waals surface area (Å²) in [7, 11) is 0. The van der Waals surface area contributed by atoms with E-state index in [4.69, 9.17) is 0 Å². The highest BCUT2D eigenvalue weighted by atomic mass is 19.2. The van der Waals surface area contributed by atoms with E-state index in [2.05, 4.69) is 11.8 Å².